The van der Waals surface area contributed by atoms with Crippen LogP contribution in [0.1, 0.15) is 16.8 Å². The Balaban J connectivity index is 1.53. The van der Waals surface area contributed by atoms with Crippen LogP contribution >= 0.6 is 0 Å². The molecule has 2 aromatic heterocycles. The Morgan fingerprint density at radius 2 is 1.64 bits per heavy atom. The summed E-state index contributed by atoms with van der Waals surface area (Å²) in [5.74, 6) is 0.796. The van der Waals surface area contributed by atoms with Crippen LogP contribution in [0.5, 0.6) is 0 Å². The predicted molar refractivity (Wildman–Crippen MR) is 111 cm³/mol. The second kappa shape index (κ2) is 7.96. The van der Waals surface area contributed by atoms with Gasteiger partial charge in [0, 0.05) is 24.2 Å². The van der Waals surface area contributed by atoms with Crippen molar-refractivity contribution in [2.45, 2.75) is 19.8 Å². The number of Topliss-reactive ketones (excluding diaryl/α,β-unsaturated/α-hetero) is 1. The number of carbonyl (C=O) groups excluding carboxylic acids is 1. The number of hydrogen-bond acceptors (Lipinski definition) is 5. The van der Waals surface area contributed by atoms with Gasteiger partial charge in [-0.15, -0.1) is 0 Å². The van der Waals surface area contributed by atoms with Crippen LogP contribution in [0.15, 0.2) is 72.9 Å². The van der Waals surface area contributed by atoms with Gasteiger partial charge < -0.3 is 5.32 Å². The lowest BCUT2D eigenvalue weighted by Gasteiger charge is -2.09. The number of nitrogens with zero attached hydrogens (tertiary/aromatic N) is 3. The van der Waals surface area contributed by atoms with Crippen molar-refractivity contribution in [1.29, 1.82) is 0 Å². The van der Waals surface area contributed by atoms with Crippen LogP contribution in [0.3, 0.4) is 0 Å². The van der Waals surface area contributed by atoms with Crippen LogP contribution in [0.4, 0.5) is 11.5 Å². The number of fused-ring (bicyclic) bond motifs is 1. The van der Waals surface area contributed by atoms with E-state index in [0.29, 0.717) is 29.8 Å². The lowest BCUT2D eigenvalue weighted by molar-refractivity contribution is -0.117. The van der Waals surface area contributed by atoms with Gasteiger partial charge in [-0.3, -0.25) is 4.79 Å². The second-order valence-corrected chi connectivity index (χ2v) is 6.70. The first-order valence-electron chi connectivity index (χ1n) is 9.18. The first kappa shape index (κ1) is 17.8. The third kappa shape index (κ3) is 4.20. The summed E-state index contributed by atoms with van der Waals surface area (Å²) in [5.41, 5.74) is 4.92. The van der Waals surface area contributed by atoms with Crippen molar-refractivity contribution >= 4 is 28.5 Å². The molecule has 0 saturated carbocycles. The maximum Gasteiger partial charge on any atom is 0.180 e. The summed E-state index contributed by atoms with van der Waals surface area (Å²) in [4.78, 5) is 26.0. The summed E-state index contributed by atoms with van der Waals surface area (Å²) in [6.45, 7) is 1.91. The molecular formula is C23H20N4O. The highest BCUT2D eigenvalue weighted by Gasteiger charge is 2.11. The number of pyridine rings is 1. The molecule has 0 fully saturated rings. The van der Waals surface area contributed by atoms with E-state index in [1.807, 2.05) is 73.7 Å². The first-order chi connectivity index (χ1) is 13.7. The fourth-order valence-electron chi connectivity index (χ4n) is 3.08. The highest BCUT2D eigenvalue weighted by atomic mass is 16.1. The number of nitrogens with one attached hydrogen (secondary N) is 1. The van der Waals surface area contributed by atoms with E-state index in [-0.39, 0.29) is 5.78 Å². The Morgan fingerprint density at radius 3 is 2.39 bits per heavy atom. The molecule has 138 valence electrons. The fourth-order valence-corrected chi connectivity index (χ4v) is 3.08. The monoisotopic (exact) mass is 368 g/mol. The number of para-hydroxylation sites is 1. The summed E-state index contributed by atoms with van der Waals surface area (Å²) in [6, 6.07) is 21.5. The molecule has 2 aromatic carbocycles. The smallest absolute Gasteiger partial charge is 0.180 e. The topological polar surface area (TPSA) is 67.8 Å². The molecule has 4 aromatic rings. The van der Waals surface area contributed by atoms with E-state index >= 15 is 0 Å². The molecular weight excluding hydrogens is 348 g/mol. The largest absolute Gasteiger partial charge is 0.339 e. The standard InChI is InChI=1S/C23H20N4O/c1-16-18(13-20(28)12-17-8-4-2-5-9-17)14-21-23(25-16)27-22(15-24-21)26-19-10-6-3-7-11-19/h2-11,14-15H,12-13H2,1H3,(H,25,26,27). The van der Waals surface area contributed by atoms with Gasteiger partial charge in [-0.2, -0.15) is 0 Å². The molecule has 0 radical (unpaired) electrons. The van der Waals surface area contributed by atoms with Crippen LogP contribution in [0.25, 0.3) is 11.2 Å². The summed E-state index contributed by atoms with van der Waals surface area (Å²) in [7, 11) is 0. The van der Waals surface area contributed by atoms with Crippen molar-refractivity contribution in [1.82, 2.24) is 15.0 Å². The first-order valence-corrected chi connectivity index (χ1v) is 9.18. The van der Waals surface area contributed by atoms with Crippen molar-refractivity contribution in [2.24, 2.45) is 0 Å². The zero-order valence-corrected chi connectivity index (χ0v) is 15.6. The van der Waals surface area contributed by atoms with Crippen LogP contribution in [-0.4, -0.2) is 20.7 Å². The Morgan fingerprint density at radius 1 is 0.929 bits per heavy atom. The van der Waals surface area contributed by atoms with Crippen molar-refractivity contribution < 1.29 is 4.79 Å². The van der Waals surface area contributed by atoms with Gasteiger partial charge in [0.2, 0.25) is 0 Å². The molecule has 0 saturated heterocycles. The van der Waals surface area contributed by atoms with Crippen LogP contribution in [0, 0.1) is 6.92 Å². The van der Waals surface area contributed by atoms with E-state index in [1.54, 1.807) is 6.20 Å². The minimum Gasteiger partial charge on any atom is -0.339 e. The van der Waals surface area contributed by atoms with Gasteiger partial charge in [0.05, 0.1) is 6.20 Å². The molecule has 5 heteroatoms. The number of rotatable bonds is 6. The maximum atomic E-state index is 12.5. The molecule has 0 amide bonds. The van der Waals surface area contributed by atoms with E-state index < -0.39 is 0 Å². The van der Waals surface area contributed by atoms with E-state index in [1.165, 1.54) is 0 Å². The molecule has 5 nitrogen and oxygen atoms in total. The van der Waals surface area contributed by atoms with Gasteiger partial charge in [-0.1, -0.05) is 48.5 Å². The van der Waals surface area contributed by atoms with Gasteiger partial charge in [0.15, 0.2) is 11.5 Å². The van der Waals surface area contributed by atoms with E-state index in [2.05, 4.69) is 20.3 Å². The van der Waals surface area contributed by atoms with Gasteiger partial charge >= 0.3 is 0 Å². The molecule has 0 unspecified atom stereocenters. The zero-order valence-electron chi connectivity index (χ0n) is 15.6. The number of anilines is 2. The fraction of sp³-hybridized carbons (Fsp3) is 0.130. The summed E-state index contributed by atoms with van der Waals surface area (Å²) in [6.07, 6.45) is 2.45. The van der Waals surface area contributed by atoms with E-state index in [0.717, 1.165) is 22.5 Å². The van der Waals surface area contributed by atoms with Crippen molar-refractivity contribution in [3.05, 3.63) is 89.7 Å². The summed E-state index contributed by atoms with van der Waals surface area (Å²) < 4.78 is 0. The third-order valence-electron chi connectivity index (χ3n) is 4.51. The average molecular weight is 368 g/mol. The molecule has 2 heterocycles. The highest BCUT2D eigenvalue weighted by molar-refractivity contribution is 5.84. The molecule has 1 N–H and O–H groups in total. The molecule has 0 aliphatic heterocycles. The van der Waals surface area contributed by atoms with E-state index in [4.69, 9.17) is 0 Å². The minimum absolute atomic E-state index is 0.158. The normalized spacial score (nSPS) is 10.8. The average Bonchev–Trinajstić information content (AvgIpc) is 2.70. The number of benzene rings is 2. The number of ketones is 1. The second-order valence-electron chi connectivity index (χ2n) is 6.70. The number of aryl methyl sites for hydroxylation is 1. The lowest BCUT2D eigenvalue weighted by atomic mass is 10.0. The Hall–Kier alpha value is -3.60. The van der Waals surface area contributed by atoms with Crippen molar-refractivity contribution in [2.75, 3.05) is 5.32 Å². The maximum absolute atomic E-state index is 12.5. The quantitative estimate of drug-likeness (QED) is 0.545. The summed E-state index contributed by atoms with van der Waals surface area (Å²) >= 11 is 0. The Bertz CT molecular complexity index is 1110. The van der Waals surface area contributed by atoms with Gasteiger partial charge in [-0.05, 0) is 36.2 Å². The molecule has 28 heavy (non-hydrogen) atoms. The number of hydrogen-bond donors (Lipinski definition) is 1. The zero-order chi connectivity index (χ0) is 19.3. The Kier molecular flexibility index (Phi) is 5.06. The van der Waals surface area contributed by atoms with Crippen LogP contribution < -0.4 is 5.32 Å². The molecule has 0 atom stereocenters. The molecule has 0 bridgehead atoms. The van der Waals surface area contributed by atoms with Crippen LogP contribution in [0.2, 0.25) is 0 Å². The molecule has 0 spiro atoms. The van der Waals surface area contributed by atoms with Crippen LogP contribution in [-0.2, 0) is 17.6 Å². The molecule has 0 aliphatic rings. The van der Waals surface area contributed by atoms with Gasteiger partial charge in [-0.25, -0.2) is 15.0 Å². The lowest BCUT2D eigenvalue weighted by Crippen LogP contribution is -2.09. The van der Waals surface area contributed by atoms with Crippen molar-refractivity contribution in [3.63, 3.8) is 0 Å². The van der Waals surface area contributed by atoms with E-state index in [9.17, 15) is 4.79 Å². The predicted octanol–water partition coefficient (Wildman–Crippen LogP) is 4.43. The van der Waals surface area contributed by atoms with Gasteiger partial charge in [0.1, 0.15) is 11.3 Å². The molecule has 0 aliphatic carbocycles. The van der Waals surface area contributed by atoms with Crippen molar-refractivity contribution in [3.8, 4) is 0 Å². The highest BCUT2D eigenvalue weighted by Crippen LogP contribution is 2.19. The SMILES string of the molecule is Cc1nc2nc(Nc3ccccc3)cnc2cc1CC(=O)Cc1ccccc1. The summed E-state index contributed by atoms with van der Waals surface area (Å²) in [5, 5.41) is 3.22. The Labute approximate surface area is 163 Å². The number of carbonyl (C=O) groups is 1. The number of aromatic nitrogens is 3. The molecule has 4 rings (SSSR count). The van der Waals surface area contributed by atoms with Gasteiger partial charge in [0.25, 0.3) is 0 Å². The minimum atomic E-state index is 0.158. The third-order valence-corrected chi connectivity index (χ3v) is 4.51.